The highest BCUT2D eigenvalue weighted by Crippen LogP contribution is 2.30. The van der Waals surface area contributed by atoms with E-state index in [1.807, 2.05) is 0 Å². The molecule has 1 aromatic carbocycles. The Morgan fingerprint density at radius 2 is 2.19 bits per heavy atom. The molecule has 0 saturated carbocycles. The monoisotopic (exact) mass is 401 g/mol. The Morgan fingerprint density at radius 1 is 1.42 bits per heavy atom. The molecule has 1 saturated heterocycles. The van der Waals surface area contributed by atoms with Gasteiger partial charge in [-0.15, -0.1) is 0 Å². The van der Waals surface area contributed by atoms with Crippen LogP contribution in [0.4, 0.5) is 0 Å². The summed E-state index contributed by atoms with van der Waals surface area (Å²) in [5, 5.41) is 3.20. The van der Waals surface area contributed by atoms with Crippen LogP contribution in [0.1, 0.15) is 18.9 Å². The van der Waals surface area contributed by atoms with Crippen molar-refractivity contribution in [2.45, 2.75) is 25.3 Å². The summed E-state index contributed by atoms with van der Waals surface area (Å²) in [7, 11) is -3.13. The van der Waals surface area contributed by atoms with Crippen LogP contribution in [0.15, 0.2) is 18.2 Å². The second-order valence-electron chi connectivity index (χ2n) is 7.02. The van der Waals surface area contributed by atoms with Crippen LogP contribution in [0.3, 0.4) is 0 Å². The van der Waals surface area contributed by atoms with Gasteiger partial charge >= 0.3 is 5.97 Å². The second-order valence-corrected chi connectivity index (χ2v) is 9.64. The maximum absolute atomic E-state index is 12.2. The third kappa shape index (κ3) is 4.48. The first kappa shape index (κ1) is 19.0. The van der Waals surface area contributed by atoms with Crippen LogP contribution in [-0.4, -0.2) is 50.6 Å². The van der Waals surface area contributed by atoms with Gasteiger partial charge in [0, 0.05) is 5.02 Å². The first-order valence-electron chi connectivity index (χ1n) is 8.25. The molecule has 142 valence electrons. The van der Waals surface area contributed by atoms with Crippen molar-refractivity contribution >= 4 is 33.3 Å². The number of rotatable bonds is 4. The molecule has 26 heavy (non-hydrogen) atoms. The second kappa shape index (κ2) is 7.08. The van der Waals surface area contributed by atoms with Crippen molar-refractivity contribution in [3.05, 3.63) is 28.8 Å². The quantitative estimate of drug-likeness (QED) is 0.759. The molecule has 0 unspecified atom stereocenters. The van der Waals surface area contributed by atoms with Gasteiger partial charge in [-0.2, -0.15) is 0 Å². The Morgan fingerprint density at radius 3 is 2.88 bits per heavy atom. The molecule has 2 heterocycles. The smallest absolute Gasteiger partial charge is 0.313 e. The van der Waals surface area contributed by atoms with E-state index in [1.54, 1.807) is 25.1 Å². The third-order valence-electron chi connectivity index (χ3n) is 4.55. The van der Waals surface area contributed by atoms with E-state index < -0.39 is 39.8 Å². The van der Waals surface area contributed by atoms with Crippen LogP contribution in [0.2, 0.25) is 5.02 Å². The van der Waals surface area contributed by atoms with Crippen molar-refractivity contribution in [2.24, 2.45) is 5.92 Å². The molecule has 1 aromatic rings. The molecule has 7 nitrogen and oxygen atoms in total. The van der Waals surface area contributed by atoms with E-state index in [2.05, 4.69) is 5.32 Å². The molecule has 2 aliphatic rings. The predicted molar refractivity (Wildman–Crippen MR) is 94.9 cm³/mol. The summed E-state index contributed by atoms with van der Waals surface area (Å²) < 4.78 is 33.8. The topological polar surface area (TPSA) is 98.8 Å². The lowest BCUT2D eigenvalue weighted by atomic mass is 9.97. The molecule has 2 aliphatic heterocycles. The fourth-order valence-corrected chi connectivity index (χ4v) is 5.54. The maximum atomic E-state index is 12.2. The molecule has 0 radical (unpaired) electrons. The normalized spacial score (nSPS) is 26.5. The SMILES string of the molecule is C[C@]1(NC(=O)COC(=O)[C@@H]2COc3ccc(Cl)cc3C2)CCS(=O)(=O)C1. The molecule has 1 fully saturated rings. The van der Waals surface area contributed by atoms with Gasteiger partial charge in [0.2, 0.25) is 0 Å². The number of amides is 1. The van der Waals surface area contributed by atoms with Crippen LogP contribution in [0.5, 0.6) is 5.75 Å². The average molecular weight is 402 g/mol. The van der Waals surface area contributed by atoms with E-state index in [4.69, 9.17) is 21.1 Å². The molecule has 9 heteroatoms. The van der Waals surface area contributed by atoms with Crippen molar-refractivity contribution in [3.63, 3.8) is 0 Å². The predicted octanol–water partition coefficient (Wildman–Crippen LogP) is 1.13. The Labute approximate surface area is 156 Å². The van der Waals surface area contributed by atoms with Crippen molar-refractivity contribution in [2.75, 3.05) is 24.7 Å². The number of hydrogen-bond donors (Lipinski definition) is 1. The van der Waals surface area contributed by atoms with Gasteiger partial charge in [0.05, 0.1) is 23.0 Å². The first-order valence-corrected chi connectivity index (χ1v) is 10.5. The Bertz CT molecular complexity index is 840. The first-order chi connectivity index (χ1) is 12.2. The zero-order valence-corrected chi connectivity index (χ0v) is 15.9. The number of ether oxygens (including phenoxy) is 2. The summed E-state index contributed by atoms with van der Waals surface area (Å²) in [4.78, 5) is 24.2. The van der Waals surface area contributed by atoms with Gasteiger partial charge in [0.15, 0.2) is 16.4 Å². The number of esters is 1. The lowest BCUT2D eigenvalue weighted by Gasteiger charge is -2.25. The summed E-state index contributed by atoms with van der Waals surface area (Å²) in [5.41, 5.74) is 0.00483. The summed E-state index contributed by atoms with van der Waals surface area (Å²) >= 11 is 5.95. The van der Waals surface area contributed by atoms with E-state index in [9.17, 15) is 18.0 Å². The lowest BCUT2D eigenvalue weighted by molar-refractivity contribution is -0.154. The van der Waals surface area contributed by atoms with E-state index in [0.29, 0.717) is 23.6 Å². The van der Waals surface area contributed by atoms with Gasteiger partial charge in [-0.3, -0.25) is 9.59 Å². The molecular weight excluding hydrogens is 382 g/mol. The third-order valence-corrected chi connectivity index (χ3v) is 6.69. The number of carbonyl (C=O) groups excluding carboxylic acids is 2. The lowest BCUT2D eigenvalue weighted by Crippen LogP contribution is -2.48. The minimum Gasteiger partial charge on any atom is -0.492 e. The highest BCUT2D eigenvalue weighted by molar-refractivity contribution is 7.91. The van der Waals surface area contributed by atoms with E-state index in [-0.39, 0.29) is 18.1 Å². The molecule has 0 aromatic heterocycles. The van der Waals surface area contributed by atoms with E-state index in [1.165, 1.54) is 0 Å². The Hall–Kier alpha value is -1.80. The van der Waals surface area contributed by atoms with Crippen LogP contribution in [-0.2, 0) is 30.6 Å². The van der Waals surface area contributed by atoms with Crippen LogP contribution in [0.25, 0.3) is 0 Å². The Balaban J connectivity index is 1.51. The van der Waals surface area contributed by atoms with Gasteiger partial charge < -0.3 is 14.8 Å². The molecule has 2 atom stereocenters. The minimum atomic E-state index is -3.13. The summed E-state index contributed by atoms with van der Waals surface area (Å²) in [6.07, 6.45) is 0.773. The van der Waals surface area contributed by atoms with Gasteiger partial charge in [-0.1, -0.05) is 11.6 Å². The number of halogens is 1. The molecule has 0 bridgehead atoms. The molecule has 1 N–H and O–H groups in total. The highest BCUT2D eigenvalue weighted by Gasteiger charge is 2.39. The molecule has 3 rings (SSSR count). The number of nitrogens with one attached hydrogen (secondary N) is 1. The molecular formula is C17H20ClNO6S. The molecule has 0 aliphatic carbocycles. The standard InChI is InChI=1S/C17H20ClNO6S/c1-17(4-5-26(22,23)10-17)19-15(20)9-25-16(21)12-6-11-7-13(18)2-3-14(11)24-8-12/h2-3,7,12H,4-6,8-10H2,1H3,(H,19,20)/t12-,17-/m0/s1. The van der Waals surface area contributed by atoms with Gasteiger partial charge in [-0.25, -0.2) is 8.42 Å². The van der Waals surface area contributed by atoms with Crippen molar-refractivity contribution < 1.29 is 27.5 Å². The largest absolute Gasteiger partial charge is 0.492 e. The van der Waals surface area contributed by atoms with E-state index >= 15 is 0 Å². The highest BCUT2D eigenvalue weighted by atomic mass is 35.5. The summed E-state index contributed by atoms with van der Waals surface area (Å²) in [6, 6.07) is 5.21. The number of fused-ring (bicyclic) bond motifs is 1. The maximum Gasteiger partial charge on any atom is 0.313 e. The van der Waals surface area contributed by atoms with Gasteiger partial charge in [0.25, 0.3) is 5.91 Å². The van der Waals surface area contributed by atoms with Crippen molar-refractivity contribution in [1.29, 1.82) is 0 Å². The molecule has 0 spiro atoms. The fraction of sp³-hybridized carbons (Fsp3) is 0.529. The van der Waals surface area contributed by atoms with Gasteiger partial charge in [0.1, 0.15) is 12.4 Å². The van der Waals surface area contributed by atoms with Crippen LogP contribution in [0, 0.1) is 5.92 Å². The number of benzene rings is 1. The van der Waals surface area contributed by atoms with Crippen molar-refractivity contribution in [1.82, 2.24) is 5.32 Å². The number of carbonyl (C=O) groups is 2. The number of hydrogen-bond acceptors (Lipinski definition) is 6. The van der Waals surface area contributed by atoms with Gasteiger partial charge in [-0.05, 0) is 43.5 Å². The zero-order chi connectivity index (χ0) is 18.9. The Kier molecular flexibility index (Phi) is 5.16. The van der Waals surface area contributed by atoms with Crippen LogP contribution >= 0.6 is 11.6 Å². The van der Waals surface area contributed by atoms with Crippen molar-refractivity contribution in [3.8, 4) is 5.75 Å². The van der Waals surface area contributed by atoms with Crippen LogP contribution < -0.4 is 10.1 Å². The number of sulfone groups is 1. The summed E-state index contributed by atoms with van der Waals surface area (Å²) in [6.45, 7) is 1.39. The fourth-order valence-electron chi connectivity index (χ4n) is 3.25. The van der Waals surface area contributed by atoms with E-state index in [0.717, 1.165) is 5.56 Å². The minimum absolute atomic E-state index is 0.0466. The molecule has 1 amide bonds. The average Bonchev–Trinajstić information content (AvgIpc) is 2.84. The summed E-state index contributed by atoms with van der Waals surface area (Å²) in [5.74, 6) is -0.936. The zero-order valence-electron chi connectivity index (χ0n) is 14.3.